The molecule has 0 aliphatic carbocycles. The molecule has 1 heterocycles. The second kappa shape index (κ2) is 8.43. The van der Waals surface area contributed by atoms with Crippen LogP contribution < -0.4 is 4.74 Å². The highest BCUT2D eigenvalue weighted by atomic mass is 32.2. The quantitative estimate of drug-likeness (QED) is 0.592. The second-order valence-corrected chi connectivity index (χ2v) is 7.15. The molecule has 1 atom stereocenters. The first kappa shape index (κ1) is 18.6. The van der Waals surface area contributed by atoms with Crippen molar-refractivity contribution in [2.45, 2.75) is 5.03 Å². The Kier molecular flexibility index (Phi) is 5.80. The van der Waals surface area contributed by atoms with Crippen LogP contribution in [0.25, 0.3) is 22.4 Å². The van der Waals surface area contributed by atoms with Gasteiger partial charge >= 0.3 is 0 Å². The molecule has 27 heavy (non-hydrogen) atoms. The lowest BCUT2D eigenvalue weighted by atomic mass is 9.99. The zero-order valence-electron chi connectivity index (χ0n) is 14.9. The van der Waals surface area contributed by atoms with Crippen molar-refractivity contribution in [1.29, 1.82) is 5.26 Å². The van der Waals surface area contributed by atoms with Gasteiger partial charge in [0.2, 0.25) is 0 Å². The molecule has 0 saturated carbocycles. The Labute approximate surface area is 161 Å². The average molecular weight is 374 g/mol. The van der Waals surface area contributed by atoms with Crippen LogP contribution in [0.3, 0.4) is 0 Å². The molecule has 0 N–H and O–H groups in total. The minimum absolute atomic E-state index is 0.238. The fourth-order valence-electron chi connectivity index (χ4n) is 2.74. The minimum atomic E-state index is -1.45. The number of aromatic nitrogens is 1. The third kappa shape index (κ3) is 3.97. The van der Waals surface area contributed by atoms with Crippen molar-refractivity contribution in [1.82, 2.24) is 4.98 Å². The van der Waals surface area contributed by atoms with Crippen molar-refractivity contribution < 1.29 is 8.95 Å². The Hall–Kier alpha value is -3.23. The number of ether oxygens (including phenoxy) is 1. The molecule has 1 unspecified atom stereocenters. The molecule has 4 nitrogen and oxygen atoms in total. The molecule has 0 radical (unpaired) electrons. The van der Waals surface area contributed by atoms with E-state index < -0.39 is 10.8 Å². The van der Waals surface area contributed by atoms with E-state index in [2.05, 4.69) is 17.6 Å². The number of pyridine rings is 1. The lowest BCUT2D eigenvalue weighted by Gasteiger charge is -2.12. The molecular formula is C22H18N2O2S. The van der Waals surface area contributed by atoms with Gasteiger partial charge in [-0.2, -0.15) is 5.26 Å². The number of nitrogens with zero attached hydrogens (tertiary/aromatic N) is 2. The number of nitriles is 1. The zero-order valence-corrected chi connectivity index (χ0v) is 15.7. The molecule has 0 amide bonds. The van der Waals surface area contributed by atoms with Crippen molar-refractivity contribution in [3.8, 4) is 34.2 Å². The summed E-state index contributed by atoms with van der Waals surface area (Å²) in [4.78, 5) is 4.56. The number of hydrogen-bond donors (Lipinski definition) is 0. The third-order valence-electron chi connectivity index (χ3n) is 4.05. The first-order chi connectivity index (χ1) is 13.2. The van der Waals surface area contributed by atoms with Crippen LogP contribution in [0.1, 0.15) is 5.56 Å². The van der Waals surface area contributed by atoms with Crippen LogP contribution in [0.5, 0.6) is 5.75 Å². The Bertz CT molecular complexity index is 1020. The van der Waals surface area contributed by atoms with Crippen molar-refractivity contribution in [3.05, 3.63) is 78.9 Å². The van der Waals surface area contributed by atoms with Gasteiger partial charge in [0.15, 0.2) is 0 Å². The molecule has 0 aliphatic rings. The molecule has 134 valence electrons. The average Bonchev–Trinajstić information content (AvgIpc) is 2.73. The maximum absolute atomic E-state index is 12.7. The Balaban J connectivity index is 2.25. The molecule has 0 spiro atoms. The van der Waals surface area contributed by atoms with Gasteiger partial charge in [-0.15, -0.1) is 6.58 Å². The van der Waals surface area contributed by atoms with Crippen molar-refractivity contribution in [2.24, 2.45) is 0 Å². The van der Waals surface area contributed by atoms with E-state index in [1.165, 1.54) is 0 Å². The monoisotopic (exact) mass is 374 g/mol. The third-order valence-corrected chi connectivity index (χ3v) is 5.32. The van der Waals surface area contributed by atoms with E-state index in [1.807, 2.05) is 60.7 Å². The van der Waals surface area contributed by atoms with E-state index in [1.54, 1.807) is 13.2 Å². The first-order valence-electron chi connectivity index (χ1n) is 8.32. The normalized spacial score (nSPS) is 11.4. The standard InChI is InChI=1S/C22H18N2O2S/c1-3-13-27(25)22-20(15-23)19(16-7-5-4-6-8-16)14-21(24-22)17-9-11-18(26-2)12-10-17/h3-12,14H,1,13H2,2H3. The van der Waals surface area contributed by atoms with Gasteiger partial charge in [0.05, 0.1) is 29.2 Å². The predicted molar refractivity (Wildman–Crippen MR) is 108 cm³/mol. The van der Waals surface area contributed by atoms with E-state index in [0.29, 0.717) is 16.8 Å². The van der Waals surface area contributed by atoms with Crippen molar-refractivity contribution in [2.75, 3.05) is 12.9 Å². The smallest absolute Gasteiger partial charge is 0.146 e. The van der Waals surface area contributed by atoms with Gasteiger partial charge in [-0.25, -0.2) is 4.98 Å². The van der Waals surface area contributed by atoms with Gasteiger partial charge in [0, 0.05) is 16.9 Å². The van der Waals surface area contributed by atoms with E-state index in [-0.39, 0.29) is 10.8 Å². The van der Waals surface area contributed by atoms with Crippen LogP contribution in [0.2, 0.25) is 0 Å². The molecule has 3 aromatic rings. The van der Waals surface area contributed by atoms with Crippen LogP contribution in [-0.4, -0.2) is 22.1 Å². The summed E-state index contributed by atoms with van der Waals surface area (Å²) >= 11 is 0. The van der Waals surface area contributed by atoms with Crippen molar-refractivity contribution >= 4 is 10.8 Å². The number of hydrogen-bond acceptors (Lipinski definition) is 4. The van der Waals surface area contributed by atoms with Crippen LogP contribution in [-0.2, 0) is 10.8 Å². The van der Waals surface area contributed by atoms with Crippen LogP contribution in [0, 0.1) is 11.3 Å². The second-order valence-electron chi connectivity index (χ2n) is 5.74. The SMILES string of the molecule is C=CCS(=O)c1nc(-c2ccc(OC)cc2)cc(-c2ccccc2)c1C#N. The summed E-state index contributed by atoms with van der Waals surface area (Å²) in [6.07, 6.45) is 1.57. The maximum Gasteiger partial charge on any atom is 0.146 e. The zero-order chi connectivity index (χ0) is 19.2. The van der Waals surface area contributed by atoms with Gasteiger partial charge in [-0.3, -0.25) is 4.21 Å². The van der Waals surface area contributed by atoms with Gasteiger partial charge in [0.25, 0.3) is 0 Å². The first-order valence-corrected chi connectivity index (χ1v) is 9.64. The maximum atomic E-state index is 12.7. The van der Waals surface area contributed by atoms with Gasteiger partial charge in [0.1, 0.15) is 16.8 Å². The fourth-order valence-corrected chi connectivity index (χ4v) is 3.69. The van der Waals surface area contributed by atoms with Gasteiger partial charge in [-0.1, -0.05) is 36.4 Å². The molecule has 3 rings (SSSR count). The molecule has 0 saturated heterocycles. The van der Waals surface area contributed by atoms with E-state index in [4.69, 9.17) is 4.74 Å². The van der Waals surface area contributed by atoms with E-state index in [0.717, 1.165) is 16.9 Å². The fraction of sp³-hybridized carbons (Fsp3) is 0.0909. The van der Waals surface area contributed by atoms with Crippen LogP contribution in [0.4, 0.5) is 0 Å². The predicted octanol–water partition coefficient (Wildman–Crippen LogP) is 4.59. The lowest BCUT2D eigenvalue weighted by molar-refractivity contribution is 0.415. The Morgan fingerprint density at radius 1 is 1.15 bits per heavy atom. The highest BCUT2D eigenvalue weighted by molar-refractivity contribution is 7.85. The van der Waals surface area contributed by atoms with Crippen LogP contribution in [0.15, 0.2) is 78.3 Å². The molecule has 0 aliphatic heterocycles. The topological polar surface area (TPSA) is 63.0 Å². The van der Waals surface area contributed by atoms with Gasteiger partial charge < -0.3 is 4.74 Å². The summed E-state index contributed by atoms with van der Waals surface area (Å²) < 4.78 is 17.9. The lowest BCUT2D eigenvalue weighted by Crippen LogP contribution is -2.05. The number of methoxy groups -OCH3 is 1. The Morgan fingerprint density at radius 2 is 1.85 bits per heavy atom. The van der Waals surface area contributed by atoms with Crippen molar-refractivity contribution in [3.63, 3.8) is 0 Å². The van der Waals surface area contributed by atoms with E-state index in [9.17, 15) is 9.47 Å². The largest absolute Gasteiger partial charge is 0.497 e. The molecule has 5 heteroatoms. The molecule has 0 bridgehead atoms. The minimum Gasteiger partial charge on any atom is -0.497 e. The van der Waals surface area contributed by atoms with Crippen LogP contribution >= 0.6 is 0 Å². The van der Waals surface area contributed by atoms with E-state index >= 15 is 0 Å². The molecule has 0 fully saturated rings. The summed E-state index contributed by atoms with van der Waals surface area (Å²) in [5.74, 6) is 0.980. The summed E-state index contributed by atoms with van der Waals surface area (Å²) in [5.41, 5.74) is 3.44. The Morgan fingerprint density at radius 3 is 2.44 bits per heavy atom. The number of rotatable bonds is 6. The summed E-state index contributed by atoms with van der Waals surface area (Å²) in [6, 6.07) is 21.1. The summed E-state index contributed by atoms with van der Waals surface area (Å²) in [5, 5.41) is 10.0. The highest BCUT2D eigenvalue weighted by Gasteiger charge is 2.19. The molecule has 2 aromatic carbocycles. The molecule has 1 aromatic heterocycles. The highest BCUT2D eigenvalue weighted by Crippen LogP contribution is 2.32. The number of benzene rings is 2. The molecular weight excluding hydrogens is 356 g/mol. The van der Waals surface area contributed by atoms with Gasteiger partial charge in [-0.05, 0) is 35.9 Å². The summed E-state index contributed by atoms with van der Waals surface area (Å²) in [6.45, 7) is 3.64. The summed E-state index contributed by atoms with van der Waals surface area (Å²) in [7, 11) is 0.165.